The van der Waals surface area contributed by atoms with Crippen LogP contribution in [0.25, 0.3) is 23.0 Å². The Morgan fingerprint density at radius 1 is 1.38 bits per heavy atom. The minimum atomic E-state index is 0.316. The largest absolute Gasteiger partial charge is 0.497 e. The van der Waals surface area contributed by atoms with Gasteiger partial charge in [-0.3, -0.25) is 4.68 Å². The van der Waals surface area contributed by atoms with E-state index in [-0.39, 0.29) is 0 Å². The smallest absolute Gasteiger partial charge is 0.280 e. The molecule has 0 spiro atoms. The highest BCUT2D eigenvalue weighted by molar-refractivity contribution is 5.59. The topological polar surface area (TPSA) is 105 Å². The number of nitrogens with zero attached hydrogens (tertiary/aromatic N) is 5. The van der Waals surface area contributed by atoms with Crippen molar-refractivity contribution in [3.05, 3.63) is 30.5 Å². The zero-order valence-corrected chi connectivity index (χ0v) is 11.4. The lowest BCUT2D eigenvalue weighted by Gasteiger charge is -1.99. The normalized spacial score (nSPS) is 10.8. The third kappa shape index (κ3) is 2.75. The Bertz CT molecular complexity index is 736. The molecule has 0 bridgehead atoms. The predicted molar refractivity (Wildman–Crippen MR) is 74.4 cm³/mol. The van der Waals surface area contributed by atoms with Gasteiger partial charge < -0.3 is 15.0 Å². The van der Waals surface area contributed by atoms with Crippen molar-refractivity contribution in [3.63, 3.8) is 0 Å². The van der Waals surface area contributed by atoms with Crippen LogP contribution in [-0.4, -0.2) is 38.8 Å². The second-order valence-electron chi connectivity index (χ2n) is 4.31. The van der Waals surface area contributed by atoms with Crippen molar-refractivity contribution in [3.8, 4) is 28.7 Å². The molecule has 3 rings (SSSR count). The van der Waals surface area contributed by atoms with E-state index in [1.165, 1.54) is 0 Å². The molecule has 0 amide bonds. The highest BCUT2D eigenvalue weighted by Gasteiger charge is 2.14. The van der Waals surface area contributed by atoms with Gasteiger partial charge in [0.1, 0.15) is 5.75 Å². The van der Waals surface area contributed by atoms with E-state index in [2.05, 4.69) is 20.5 Å². The van der Waals surface area contributed by atoms with E-state index in [4.69, 9.17) is 15.0 Å². The maximum atomic E-state index is 5.46. The molecule has 0 saturated heterocycles. The minimum absolute atomic E-state index is 0.316. The van der Waals surface area contributed by atoms with Gasteiger partial charge in [-0.15, -0.1) is 5.10 Å². The Morgan fingerprint density at radius 3 is 3.10 bits per heavy atom. The standard InChI is InChI=1S/C13H14N6O2/c1-20-10-4-2-3-9(7-10)12-15-13(21-17-12)11-8-19(6-5-14)18-16-11/h2-4,7-8H,5-6,14H2,1H3. The number of ether oxygens (including phenoxy) is 1. The van der Waals surface area contributed by atoms with Crippen molar-refractivity contribution < 1.29 is 9.26 Å². The molecule has 0 saturated carbocycles. The van der Waals surface area contributed by atoms with Gasteiger partial charge in [0.05, 0.1) is 19.9 Å². The molecule has 108 valence electrons. The van der Waals surface area contributed by atoms with Crippen molar-refractivity contribution in [1.29, 1.82) is 0 Å². The fourth-order valence-electron chi connectivity index (χ4n) is 1.84. The van der Waals surface area contributed by atoms with Gasteiger partial charge in [0.15, 0.2) is 5.69 Å². The van der Waals surface area contributed by atoms with Crippen LogP contribution in [0.3, 0.4) is 0 Å². The maximum absolute atomic E-state index is 5.46. The highest BCUT2D eigenvalue weighted by Crippen LogP contribution is 2.23. The zero-order chi connectivity index (χ0) is 14.7. The van der Waals surface area contributed by atoms with Gasteiger partial charge in [-0.1, -0.05) is 22.5 Å². The Labute approximate surface area is 120 Å². The lowest BCUT2D eigenvalue weighted by molar-refractivity contribution is 0.414. The Morgan fingerprint density at radius 2 is 2.29 bits per heavy atom. The van der Waals surface area contributed by atoms with Gasteiger partial charge in [-0.25, -0.2) is 0 Å². The summed E-state index contributed by atoms with van der Waals surface area (Å²) in [5.41, 5.74) is 6.79. The molecule has 0 atom stereocenters. The van der Waals surface area contributed by atoms with Crippen LogP contribution in [0, 0.1) is 0 Å². The zero-order valence-electron chi connectivity index (χ0n) is 11.4. The quantitative estimate of drug-likeness (QED) is 0.744. The summed E-state index contributed by atoms with van der Waals surface area (Å²) in [6, 6.07) is 7.42. The van der Waals surface area contributed by atoms with Crippen LogP contribution in [0.5, 0.6) is 5.75 Å². The summed E-state index contributed by atoms with van der Waals surface area (Å²) in [6.45, 7) is 1.07. The Hall–Kier alpha value is -2.74. The maximum Gasteiger partial charge on any atom is 0.280 e. The van der Waals surface area contributed by atoms with Crippen LogP contribution in [0.15, 0.2) is 35.0 Å². The number of rotatable bonds is 5. The lowest BCUT2D eigenvalue weighted by Crippen LogP contribution is -2.10. The van der Waals surface area contributed by atoms with E-state index in [0.29, 0.717) is 30.5 Å². The molecule has 0 aliphatic carbocycles. The Balaban J connectivity index is 1.88. The van der Waals surface area contributed by atoms with Crippen molar-refractivity contribution in [2.24, 2.45) is 5.73 Å². The predicted octanol–water partition coefficient (Wildman–Crippen LogP) is 0.962. The minimum Gasteiger partial charge on any atom is -0.497 e. The fraction of sp³-hybridized carbons (Fsp3) is 0.231. The first-order valence-corrected chi connectivity index (χ1v) is 6.39. The summed E-state index contributed by atoms with van der Waals surface area (Å²) in [7, 11) is 1.61. The van der Waals surface area contributed by atoms with E-state index in [1.54, 1.807) is 18.0 Å². The molecular weight excluding hydrogens is 272 g/mol. The Kier molecular flexibility index (Phi) is 3.61. The SMILES string of the molecule is COc1cccc(-c2noc(-c3cn(CCN)nn3)n2)c1. The molecular formula is C13H14N6O2. The molecule has 2 aromatic heterocycles. The number of hydrogen-bond acceptors (Lipinski definition) is 7. The molecule has 0 radical (unpaired) electrons. The second-order valence-corrected chi connectivity index (χ2v) is 4.31. The second kappa shape index (κ2) is 5.71. The molecule has 8 heteroatoms. The third-order valence-electron chi connectivity index (χ3n) is 2.87. The van der Waals surface area contributed by atoms with E-state index in [1.807, 2.05) is 24.3 Å². The van der Waals surface area contributed by atoms with E-state index < -0.39 is 0 Å². The van der Waals surface area contributed by atoms with Crippen LogP contribution < -0.4 is 10.5 Å². The van der Waals surface area contributed by atoms with Gasteiger partial charge in [0.2, 0.25) is 5.82 Å². The van der Waals surface area contributed by atoms with Crippen LogP contribution in [0.2, 0.25) is 0 Å². The molecule has 0 fully saturated rings. The average Bonchev–Trinajstić information content (AvgIpc) is 3.16. The molecule has 2 heterocycles. The number of aromatic nitrogens is 5. The first-order valence-electron chi connectivity index (χ1n) is 6.39. The molecule has 8 nitrogen and oxygen atoms in total. The van der Waals surface area contributed by atoms with Crippen molar-refractivity contribution in [2.75, 3.05) is 13.7 Å². The van der Waals surface area contributed by atoms with Crippen LogP contribution in [0.1, 0.15) is 0 Å². The van der Waals surface area contributed by atoms with Crippen LogP contribution >= 0.6 is 0 Å². The van der Waals surface area contributed by atoms with E-state index in [0.717, 1.165) is 11.3 Å². The van der Waals surface area contributed by atoms with Crippen LogP contribution in [0.4, 0.5) is 0 Å². The summed E-state index contributed by atoms with van der Waals surface area (Å²) in [6.07, 6.45) is 1.72. The molecule has 0 unspecified atom stereocenters. The molecule has 3 aromatic rings. The number of methoxy groups -OCH3 is 1. The first-order chi connectivity index (χ1) is 10.3. The lowest BCUT2D eigenvalue weighted by atomic mass is 10.2. The fourth-order valence-corrected chi connectivity index (χ4v) is 1.84. The third-order valence-corrected chi connectivity index (χ3v) is 2.87. The van der Waals surface area contributed by atoms with Gasteiger partial charge in [-0.05, 0) is 12.1 Å². The number of benzene rings is 1. The molecule has 2 N–H and O–H groups in total. The van der Waals surface area contributed by atoms with Gasteiger partial charge in [0, 0.05) is 12.1 Å². The summed E-state index contributed by atoms with van der Waals surface area (Å²) in [5.74, 6) is 1.51. The number of nitrogens with two attached hydrogens (primary N) is 1. The summed E-state index contributed by atoms with van der Waals surface area (Å²) in [4.78, 5) is 4.32. The monoisotopic (exact) mass is 286 g/mol. The summed E-state index contributed by atoms with van der Waals surface area (Å²) in [5, 5.41) is 11.9. The molecule has 21 heavy (non-hydrogen) atoms. The van der Waals surface area contributed by atoms with Crippen molar-refractivity contribution >= 4 is 0 Å². The van der Waals surface area contributed by atoms with Gasteiger partial charge in [-0.2, -0.15) is 4.98 Å². The van der Waals surface area contributed by atoms with Gasteiger partial charge in [0.25, 0.3) is 5.89 Å². The van der Waals surface area contributed by atoms with E-state index >= 15 is 0 Å². The van der Waals surface area contributed by atoms with E-state index in [9.17, 15) is 0 Å². The average molecular weight is 286 g/mol. The highest BCUT2D eigenvalue weighted by atomic mass is 16.5. The van der Waals surface area contributed by atoms with Crippen LogP contribution in [-0.2, 0) is 6.54 Å². The number of hydrogen-bond donors (Lipinski definition) is 1. The summed E-state index contributed by atoms with van der Waals surface area (Å²) >= 11 is 0. The molecule has 1 aromatic carbocycles. The first kappa shape index (κ1) is 13.3. The van der Waals surface area contributed by atoms with Crippen molar-refractivity contribution in [2.45, 2.75) is 6.54 Å². The van der Waals surface area contributed by atoms with Crippen molar-refractivity contribution in [1.82, 2.24) is 25.1 Å². The van der Waals surface area contributed by atoms with Gasteiger partial charge >= 0.3 is 0 Å². The summed E-state index contributed by atoms with van der Waals surface area (Å²) < 4.78 is 12.0. The molecule has 0 aliphatic rings. The molecule has 0 aliphatic heterocycles.